The van der Waals surface area contributed by atoms with Crippen LogP contribution in [0.4, 0.5) is 0 Å². The second-order valence-corrected chi connectivity index (χ2v) is 6.02. The summed E-state index contributed by atoms with van der Waals surface area (Å²) in [6.07, 6.45) is 5.36. The highest BCUT2D eigenvalue weighted by molar-refractivity contribution is 5.76. The molecule has 0 radical (unpaired) electrons. The van der Waals surface area contributed by atoms with Gasteiger partial charge in [0.15, 0.2) is 0 Å². The Labute approximate surface area is 109 Å². The zero-order valence-electron chi connectivity index (χ0n) is 11.5. The van der Waals surface area contributed by atoms with Crippen LogP contribution in [-0.2, 0) is 9.53 Å². The van der Waals surface area contributed by atoms with Crippen molar-refractivity contribution in [3.63, 3.8) is 0 Å². The van der Waals surface area contributed by atoms with Gasteiger partial charge >= 0.3 is 0 Å². The molecule has 0 aliphatic heterocycles. The van der Waals surface area contributed by atoms with Crippen LogP contribution >= 0.6 is 0 Å². The Morgan fingerprint density at radius 1 is 1.44 bits per heavy atom. The van der Waals surface area contributed by atoms with Crippen LogP contribution in [0, 0.1) is 17.8 Å². The predicted octanol–water partition coefficient (Wildman–Crippen LogP) is 1.28. The molecule has 2 aliphatic rings. The second kappa shape index (κ2) is 6.02. The van der Waals surface area contributed by atoms with E-state index in [4.69, 9.17) is 4.74 Å². The lowest BCUT2D eigenvalue weighted by Gasteiger charge is -2.25. The summed E-state index contributed by atoms with van der Waals surface area (Å²) in [7, 11) is 3.33. The van der Waals surface area contributed by atoms with Crippen LogP contribution in [-0.4, -0.2) is 49.3 Å². The van der Waals surface area contributed by atoms with Gasteiger partial charge in [-0.3, -0.25) is 4.79 Å². The number of likely N-dealkylation sites (N-methyl/N-ethyl adjacent to an activating group) is 1. The van der Waals surface area contributed by atoms with Gasteiger partial charge in [-0.2, -0.15) is 0 Å². The maximum absolute atomic E-state index is 12.1. The summed E-state index contributed by atoms with van der Waals surface area (Å²) < 4.78 is 4.87. The largest absolute Gasteiger partial charge is 0.389 e. The van der Waals surface area contributed by atoms with Crippen LogP contribution in [0.5, 0.6) is 0 Å². The molecule has 1 amide bonds. The van der Waals surface area contributed by atoms with E-state index in [-0.39, 0.29) is 12.5 Å². The molecular weight excluding hydrogens is 230 g/mol. The maximum Gasteiger partial charge on any atom is 0.222 e. The van der Waals surface area contributed by atoms with E-state index in [1.807, 2.05) is 0 Å². The fraction of sp³-hybridized carbons (Fsp3) is 0.929. The Bertz CT molecular complexity index is 295. The quantitative estimate of drug-likeness (QED) is 0.778. The number of methoxy groups -OCH3 is 1. The van der Waals surface area contributed by atoms with E-state index < -0.39 is 6.10 Å². The molecule has 2 aliphatic carbocycles. The highest BCUT2D eigenvalue weighted by Crippen LogP contribution is 2.49. The van der Waals surface area contributed by atoms with E-state index in [0.717, 1.165) is 11.8 Å². The molecule has 2 fully saturated rings. The SMILES string of the molecule is COCC(O)CN(C)C(=O)CC1CC2CCC1C2. The summed E-state index contributed by atoms with van der Waals surface area (Å²) in [5.74, 6) is 2.44. The first-order chi connectivity index (χ1) is 8.60. The Balaban J connectivity index is 1.74. The maximum atomic E-state index is 12.1. The monoisotopic (exact) mass is 255 g/mol. The Morgan fingerprint density at radius 2 is 2.22 bits per heavy atom. The van der Waals surface area contributed by atoms with Crippen molar-refractivity contribution in [2.24, 2.45) is 17.8 Å². The number of nitrogens with zero attached hydrogens (tertiary/aromatic N) is 1. The topological polar surface area (TPSA) is 49.8 Å². The molecule has 0 heterocycles. The number of fused-ring (bicyclic) bond motifs is 2. The zero-order chi connectivity index (χ0) is 13.1. The molecule has 0 aromatic carbocycles. The molecule has 0 aromatic heterocycles. The number of hydrogen-bond donors (Lipinski definition) is 1. The first-order valence-corrected chi connectivity index (χ1v) is 7.01. The average Bonchev–Trinajstić information content (AvgIpc) is 2.90. The summed E-state index contributed by atoms with van der Waals surface area (Å²) in [6.45, 7) is 0.652. The van der Waals surface area contributed by atoms with Gasteiger partial charge in [0.1, 0.15) is 0 Å². The number of aliphatic hydroxyl groups is 1. The van der Waals surface area contributed by atoms with Crippen molar-refractivity contribution in [3.8, 4) is 0 Å². The Hall–Kier alpha value is -0.610. The number of carbonyl (C=O) groups is 1. The van der Waals surface area contributed by atoms with E-state index in [1.165, 1.54) is 25.7 Å². The summed E-state index contributed by atoms with van der Waals surface area (Å²) in [4.78, 5) is 13.7. The third-order valence-corrected chi connectivity index (χ3v) is 4.59. The lowest BCUT2D eigenvalue weighted by atomic mass is 9.86. The molecule has 2 bridgehead atoms. The molecule has 0 aromatic rings. The minimum absolute atomic E-state index is 0.169. The molecule has 4 nitrogen and oxygen atoms in total. The van der Waals surface area contributed by atoms with Crippen molar-refractivity contribution in [3.05, 3.63) is 0 Å². The first-order valence-electron chi connectivity index (χ1n) is 7.01. The molecule has 18 heavy (non-hydrogen) atoms. The van der Waals surface area contributed by atoms with Gasteiger partial charge in [-0.05, 0) is 37.0 Å². The fourth-order valence-electron chi connectivity index (χ4n) is 3.67. The third kappa shape index (κ3) is 3.23. The van der Waals surface area contributed by atoms with Crippen LogP contribution in [0.15, 0.2) is 0 Å². The number of carbonyl (C=O) groups excluding carboxylic acids is 1. The van der Waals surface area contributed by atoms with Crippen molar-refractivity contribution in [1.29, 1.82) is 0 Å². The van der Waals surface area contributed by atoms with Gasteiger partial charge in [-0.1, -0.05) is 6.42 Å². The molecule has 104 valence electrons. The molecule has 2 rings (SSSR count). The van der Waals surface area contributed by atoms with Crippen molar-refractivity contribution < 1.29 is 14.6 Å². The van der Waals surface area contributed by atoms with E-state index in [2.05, 4.69) is 0 Å². The van der Waals surface area contributed by atoms with Crippen molar-refractivity contribution in [2.45, 2.75) is 38.2 Å². The Kier molecular flexibility index (Phi) is 4.62. The number of rotatable bonds is 6. The van der Waals surface area contributed by atoms with E-state index in [1.54, 1.807) is 19.1 Å². The molecular formula is C14H25NO3. The van der Waals surface area contributed by atoms with Gasteiger partial charge in [0.05, 0.1) is 12.7 Å². The van der Waals surface area contributed by atoms with Gasteiger partial charge in [-0.25, -0.2) is 0 Å². The van der Waals surface area contributed by atoms with Gasteiger partial charge in [0.25, 0.3) is 0 Å². The van der Waals surface area contributed by atoms with Crippen molar-refractivity contribution in [2.75, 3.05) is 27.3 Å². The highest BCUT2D eigenvalue weighted by Gasteiger charge is 2.40. The smallest absolute Gasteiger partial charge is 0.222 e. The van der Waals surface area contributed by atoms with Crippen LogP contribution in [0.25, 0.3) is 0 Å². The number of aliphatic hydroxyl groups excluding tert-OH is 1. The van der Waals surface area contributed by atoms with Crippen molar-refractivity contribution >= 4 is 5.91 Å². The van der Waals surface area contributed by atoms with E-state index >= 15 is 0 Å². The highest BCUT2D eigenvalue weighted by atomic mass is 16.5. The molecule has 4 atom stereocenters. The third-order valence-electron chi connectivity index (χ3n) is 4.59. The summed E-state index contributed by atoms with van der Waals surface area (Å²) in [6, 6.07) is 0. The van der Waals surface area contributed by atoms with Gasteiger partial charge in [0, 0.05) is 27.1 Å². The van der Waals surface area contributed by atoms with Crippen molar-refractivity contribution in [1.82, 2.24) is 4.90 Å². The van der Waals surface area contributed by atoms with Crippen LogP contribution in [0.3, 0.4) is 0 Å². The van der Waals surface area contributed by atoms with Gasteiger partial charge in [-0.15, -0.1) is 0 Å². The number of ether oxygens (including phenoxy) is 1. The number of hydrogen-bond acceptors (Lipinski definition) is 3. The summed E-state index contributed by atoms with van der Waals surface area (Å²) in [5, 5.41) is 9.62. The van der Waals surface area contributed by atoms with Gasteiger partial charge < -0.3 is 14.7 Å². The number of amides is 1. The van der Waals surface area contributed by atoms with Crippen LogP contribution in [0.1, 0.15) is 32.1 Å². The van der Waals surface area contributed by atoms with Crippen LogP contribution in [0.2, 0.25) is 0 Å². The minimum atomic E-state index is -0.580. The van der Waals surface area contributed by atoms with Crippen LogP contribution < -0.4 is 0 Å². The summed E-state index contributed by atoms with van der Waals surface area (Å²) in [5.41, 5.74) is 0. The standard InChI is InChI=1S/C14H25NO3/c1-15(8-13(16)9-18-2)14(17)7-12-6-10-3-4-11(12)5-10/h10-13,16H,3-9H2,1-2H3. The fourth-order valence-corrected chi connectivity index (χ4v) is 3.67. The second-order valence-electron chi connectivity index (χ2n) is 6.02. The molecule has 0 saturated heterocycles. The lowest BCUT2D eigenvalue weighted by molar-refractivity contribution is -0.133. The van der Waals surface area contributed by atoms with E-state index in [9.17, 15) is 9.90 Å². The molecule has 4 heteroatoms. The summed E-state index contributed by atoms with van der Waals surface area (Å²) >= 11 is 0. The first kappa shape index (κ1) is 13.8. The average molecular weight is 255 g/mol. The predicted molar refractivity (Wildman–Crippen MR) is 69.1 cm³/mol. The van der Waals surface area contributed by atoms with E-state index in [0.29, 0.717) is 18.9 Å². The van der Waals surface area contributed by atoms with Gasteiger partial charge in [0.2, 0.25) is 5.91 Å². The molecule has 0 spiro atoms. The zero-order valence-corrected chi connectivity index (χ0v) is 11.5. The Morgan fingerprint density at radius 3 is 2.78 bits per heavy atom. The molecule has 4 unspecified atom stereocenters. The molecule has 2 saturated carbocycles. The lowest BCUT2D eigenvalue weighted by Crippen LogP contribution is -2.37. The normalized spacial score (nSPS) is 31.6. The minimum Gasteiger partial charge on any atom is -0.389 e. The molecule has 1 N–H and O–H groups in total.